The number of hydrogen-bond acceptors (Lipinski definition) is 6. The Morgan fingerprint density at radius 3 is 2.48 bits per heavy atom. The molecule has 2 aromatic rings. The molecule has 9 heteroatoms. The van der Waals surface area contributed by atoms with E-state index in [-0.39, 0.29) is 5.75 Å². The molecule has 0 spiro atoms. The number of rotatable bonds is 5. The quantitative estimate of drug-likeness (QED) is 0.648. The Labute approximate surface area is 130 Å². The number of hydrogen-bond donors (Lipinski definition) is 2. The maximum Gasteiger partial charge on any atom is 0.573 e. The molecule has 1 atom stereocenters. The highest BCUT2D eigenvalue weighted by Crippen LogP contribution is 2.33. The van der Waals surface area contributed by atoms with E-state index in [0.29, 0.717) is 22.6 Å². The molecule has 0 aliphatic rings. The normalized spacial score (nSPS) is 12.8. The molecule has 0 aliphatic heterocycles. The molecule has 1 unspecified atom stereocenters. The van der Waals surface area contributed by atoms with Crippen LogP contribution in [-0.4, -0.2) is 23.4 Å². The second kappa shape index (κ2) is 6.80. The first kappa shape index (κ1) is 17.0. The van der Waals surface area contributed by atoms with E-state index in [9.17, 15) is 13.2 Å². The van der Waals surface area contributed by atoms with E-state index < -0.39 is 12.5 Å². The molecule has 0 fully saturated rings. The molecule has 1 heterocycles. The number of nitrogens with zero attached hydrogens (tertiary/aromatic N) is 2. The Bertz CT molecular complexity index is 662. The summed E-state index contributed by atoms with van der Waals surface area (Å²) in [5, 5.41) is 0. The van der Waals surface area contributed by atoms with Crippen molar-refractivity contribution in [2.75, 3.05) is 12.5 Å². The van der Waals surface area contributed by atoms with Crippen molar-refractivity contribution in [3.8, 4) is 17.0 Å². The summed E-state index contributed by atoms with van der Waals surface area (Å²) >= 11 is 0. The predicted molar refractivity (Wildman–Crippen MR) is 77.4 cm³/mol. The number of halogens is 3. The molecular formula is C14H15F3N4O2. The van der Waals surface area contributed by atoms with Crippen molar-refractivity contribution in [2.24, 2.45) is 5.84 Å². The molecule has 1 aromatic carbocycles. The molecule has 3 N–H and O–H groups in total. The lowest BCUT2D eigenvalue weighted by molar-refractivity contribution is -0.274. The lowest BCUT2D eigenvalue weighted by Crippen LogP contribution is -2.17. The number of nitrogens with two attached hydrogens (primary N) is 1. The molecule has 0 aliphatic carbocycles. The van der Waals surface area contributed by atoms with Crippen LogP contribution in [0.5, 0.6) is 5.75 Å². The van der Waals surface area contributed by atoms with Gasteiger partial charge in [0.1, 0.15) is 5.75 Å². The van der Waals surface area contributed by atoms with Crippen LogP contribution in [0.1, 0.15) is 18.6 Å². The molecule has 0 radical (unpaired) electrons. The van der Waals surface area contributed by atoms with Crippen LogP contribution >= 0.6 is 0 Å². The second-order valence-corrected chi connectivity index (χ2v) is 4.61. The van der Waals surface area contributed by atoms with Crippen molar-refractivity contribution < 1.29 is 22.6 Å². The summed E-state index contributed by atoms with van der Waals surface area (Å²) in [4.78, 5) is 8.21. The molecular weight excluding hydrogens is 313 g/mol. The van der Waals surface area contributed by atoms with Crippen LogP contribution in [0.25, 0.3) is 11.3 Å². The first-order valence-electron chi connectivity index (χ1n) is 6.55. The Balaban J connectivity index is 2.45. The summed E-state index contributed by atoms with van der Waals surface area (Å²) < 4.78 is 46.3. The summed E-state index contributed by atoms with van der Waals surface area (Å²) in [5.74, 6) is 5.26. The van der Waals surface area contributed by atoms with Gasteiger partial charge < -0.3 is 14.9 Å². The summed E-state index contributed by atoms with van der Waals surface area (Å²) in [6.07, 6.45) is -2.35. The number of anilines is 1. The maximum atomic E-state index is 12.4. The van der Waals surface area contributed by atoms with Crippen molar-refractivity contribution in [2.45, 2.75) is 19.4 Å². The Morgan fingerprint density at radius 1 is 1.22 bits per heavy atom. The summed E-state index contributed by atoms with van der Waals surface area (Å²) in [6.45, 7) is 1.71. The number of aromatic nitrogens is 2. The topological polar surface area (TPSA) is 82.3 Å². The molecule has 0 saturated carbocycles. The van der Waals surface area contributed by atoms with Gasteiger partial charge >= 0.3 is 6.36 Å². The van der Waals surface area contributed by atoms with Gasteiger partial charge in [-0.1, -0.05) is 0 Å². The fourth-order valence-corrected chi connectivity index (χ4v) is 1.98. The number of nitrogen functional groups attached to an aromatic ring is 1. The lowest BCUT2D eigenvalue weighted by Gasteiger charge is -2.17. The molecule has 0 bridgehead atoms. The second-order valence-electron chi connectivity index (χ2n) is 4.61. The van der Waals surface area contributed by atoms with Crippen molar-refractivity contribution in [1.29, 1.82) is 0 Å². The first-order valence-corrected chi connectivity index (χ1v) is 6.55. The highest BCUT2D eigenvalue weighted by atomic mass is 19.4. The van der Waals surface area contributed by atoms with Gasteiger partial charge in [-0.2, -0.15) is 0 Å². The van der Waals surface area contributed by atoms with E-state index in [1.165, 1.54) is 37.7 Å². The monoisotopic (exact) mass is 328 g/mol. The molecule has 23 heavy (non-hydrogen) atoms. The smallest absolute Gasteiger partial charge is 0.406 e. The zero-order valence-electron chi connectivity index (χ0n) is 12.4. The van der Waals surface area contributed by atoms with Gasteiger partial charge in [-0.05, 0) is 30.7 Å². The van der Waals surface area contributed by atoms with Gasteiger partial charge in [0.2, 0.25) is 0 Å². The van der Waals surface area contributed by atoms with Crippen LogP contribution in [0.15, 0.2) is 30.6 Å². The van der Waals surface area contributed by atoms with E-state index in [1.54, 1.807) is 6.92 Å². The first-order chi connectivity index (χ1) is 10.8. The third kappa shape index (κ3) is 4.30. The molecule has 2 rings (SSSR count). The zero-order valence-corrected chi connectivity index (χ0v) is 12.4. The highest BCUT2D eigenvalue weighted by Gasteiger charge is 2.31. The SMILES string of the molecule is COC(C)c1cc(OC(F)(F)F)ccc1-c1cnc(NN)cn1. The fourth-order valence-electron chi connectivity index (χ4n) is 1.98. The van der Waals surface area contributed by atoms with E-state index in [0.717, 1.165) is 0 Å². The largest absolute Gasteiger partial charge is 0.573 e. The standard InChI is InChI=1S/C14H15F3N4O2/c1-8(22-2)11-5-9(23-14(15,16)17)3-4-10(11)12-6-20-13(21-18)7-19-12/h3-8H,18H2,1-2H3,(H,20,21). The predicted octanol–water partition coefficient (Wildman–Crippen LogP) is 3.04. The summed E-state index contributed by atoms with van der Waals surface area (Å²) in [7, 11) is 1.46. The van der Waals surface area contributed by atoms with Crippen LogP contribution in [0.3, 0.4) is 0 Å². The minimum Gasteiger partial charge on any atom is -0.406 e. The van der Waals surface area contributed by atoms with Crippen molar-refractivity contribution in [3.63, 3.8) is 0 Å². The Kier molecular flexibility index (Phi) is 5.02. The minimum absolute atomic E-state index is 0.326. The molecule has 6 nitrogen and oxygen atoms in total. The van der Waals surface area contributed by atoms with Gasteiger partial charge in [0.05, 0.1) is 24.2 Å². The number of hydrazine groups is 1. The fraction of sp³-hybridized carbons (Fsp3) is 0.286. The number of nitrogens with one attached hydrogen (secondary N) is 1. The van der Waals surface area contributed by atoms with E-state index in [1.807, 2.05) is 0 Å². The number of ether oxygens (including phenoxy) is 2. The average Bonchev–Trinajstić information content (AvgIpc) is 2.52. The van der Waals surface area contributed by atoms with E-state index in [4.69, 9.17) is 10.6 Å². The van der Waals surface area contributed by atoms with Crippen LogP contribution in [0, 0.1) is 0 Å². The lowest BCUT2D eigenvalue weighted by atomic mass is 10.0. The van der Waals surface area contributed by atoms with E-state index >= 15 is 0 Å². The van der Waals surface area contributed by atoms with Gasteiger partial charge in [0.15, 0.2) is 5.82 Å². The average molecular weight is 328 g/mol. The van der Waals surface area contributed by atoms with Crippen LogP contribution in [0.4, 0.5) is 19.0 Å². The minimum atomic E-state index is -4.76. The van der Waals surface area contributed by atoms with Gasteiger partial charge in [-0.15, -0.1) is 13.2 Å². The van der Waals surface area contributed by atoms with Gasteiger partial charge in [0.25, 0.3) is 0 Å². The summed E-state index contributed by atoms with van der Waals surface area (Å²) in [6, 6.07) is 3.96. The number of alkyl halides is 3. The van der Waals surface area contributed by atoms with Gasteiger partial charge in [-0.25, -0.2) is 10.8 Å². The van der Waals surface area contributed by atoms with Gasteiger partial charge in [-0.3, -0.25) is 4.98 Å². The van der Waals surface area contributed by atoms with Crippen molar-refractivity contribution >= 4 is 5.82 Å². The molecule has 124 valence electrons. The van der Waals surface area contributed by atoms with Crippen LogP contribution < -0.4 is 16.0 Å². The molecule has 0 amide bonds. The molecule has 0 saturated heterocycles. The summed E-state index contributed by atoms with van der Waals surface area (Å²) in [5.41, 5.74) is 3.90. The third-order valence-corrected chi connectivity index (χ3v) is 3.12. The number of benzene rings is 1. The Hall–Kier alpha value is -2.39. The number of methoxy groups -OCH3 is 1. The van der Waals surface area contributed by atoms with Crippen LogP contribution in [-0.2, 0) is 4.74 Å². The van der Waals surface area contributed by atoms with Crippen molar-refractivity contribution in [3.05, 3.63) is 36.2 Å². The maximum absolute atomic E-state index is 12.4. The van der Waals surface area contributed by atoms with E-state index in [2.05, 4.69) is 20.1 Å². The van der Waals surface area contributed by atoms with Crippen molar-refractivity contribution in [1.82, 2.24) is 9.97 Å². The van der Waals surface area contributed by atoms with Crippen LogP contribution in [0.2, 0.25) is 0 Å². The highest BCUT2D eigenvalue weighted by molar-refractivity contribution is 5.65. The zero-order chi connectivity index (χ0) is 17.0. The van der Waals surface area contributed by atoms with Gasteiger partial charge in [0, 0.05) is 12.7 Å². The Morgan fingerprint density at radius 2 is 1.96 bits per heavy atom. The third-order valence-electron chi connectivity index (χ3n) is 3.12. The molecule has 1 aromatic heterocycles.